The maximum absolute atomic E-state index is 11.8. The van der Waals surface area contributed by atoms with E-state index in [9.17, 15) is 36.0 Å². The first-order valence-electron chi connectivity index (χ1n) is 7.58. The lowest BCUT2D eigenvalue weighted by atomic mass is 10.2. The number of aliphatic carboxylic acids is 1. The van der Waals surface area contributed by atoms with Gasteiger partial charge in [-0.2, -0.15) is 13.2 Å². The number of aryl methyl sites for hydroxylation is 1. The second-order valence-corrected chi connectivity index (χ2v) is 7.71. The summed E-state index contributed by atoms with van der Waals surface area (Å²) in [6.45, 7) is 0.220. The molecule has 0 aliphatic carbocycles. The fraction of sp³-hybridized carbons (Fsp3) is 0.500. The highest BCUT2D eigenvalue weighted by Crippen LogP contribution is 2.15. The number of carboxylic acid groups (broad SMARTS) is 1. The van der Waals surface area contributed by atoms with Gasteiger partial charge in [-0.25, -0.2) is 13.2 Å². The number of nitrogens with zero attached hydrogens (tertiary/aromatic N) is 2. The largest absolute Gasteiger partial charge is 0.490 e. The zero-order chi connectivity index (χ0) is 21.5. The van der Waals surface area contributed by atoms with Crippen LogP contribution in [0.2, 0.25) is 0 Å². The molecule has 1 fully saturated rings. The fourth-order valence-corrected chi connectivity index (χ4v) is 3.19. The Labute approximate surface area is 157 Å². The molecule has 0 spiro atoms. The van der Waals surface area contributed by atoms with Crippen LogP contribution >= 0.6 is 0 Å². The summed E-state index contributed by atoms with van der Waals surface area (Å²) in [5.41, 5.74) is 0.306. The number of halogens is 3. The van der Waals surface area contributed by atoms with Crippen LogP contribution in [0.3, 0.4) is 0 Å². The number of amides is 1. The van der Waals surface area contributed by atoms with Gasteiger partial charge in [-0.15, -0.1) is 0 Å². The van der Waals surface area contributed by atoms with Gasteiger partial charge in [0, 0.05) is 6.07 Å². The van der Waals surface area contributed by atoms with Crippen molar-refractivity contribution in [3.8, 4) is 0 Å². The van der Waals surface area contributed by atoms with E-state index in [4.69, 9.17) is 5.11 Å². The van der Waals surface area contributed by atoms with Gasteiger partial charge in [-0.3, -0.25) is 9.59 Å². The number of carbonyl (C=O) groups excluding carboxylic acids is 2. The van der Waals surface area contributed by atoms with Crippen LogP contribution in [0.1, 0.15) is 16.8 Å². The SMILES string of the molecule is COC(=O)C(F)(F)F.O=C(O)CC[n+]1ccc(C(=O)NC2CS(=O)(=O)C2)cn1. The van der Waals surface area contributed by atoms with E-state index in [1.807, 2.05) is 0 Å². The lowest BCUT2D eigenvalue weighted by Gasteiger charge is -2.26. The van der Waals surface area contributed by atoms with Crippen molar-refractivity contribution in [1.29, 1.82) is 0 Å². The third kappa shape index (κ3) is 7.85. The molecule has 1 amide bonds. The van der Waals surface area contributed by atoms with Crippen LogP contribution in [0.4, 0.5) is 13.2 Å². The number of alkyl halides is 3. The van der Waals surface area contributed by atoms with Crippen molar-refractivity contribution >= 4 is 27.7 Å². The van der Waals surface area contributed by atoms with Crippen LogP contribution in [0.25, 0.3) is 0 Å². The van der Waals surface area contributed by atoms with Crippen LogP contribution in [0, 0.1) is 0 Å². The first kappa shape index (κ1) is 23.3. The molecule has 14 heteroatoms. The van der Waals surface area contributed by atoms with Crippen molar-refractivity contribution in [3.05, 3.63) is 24.0 Å². The lowest BCUT2D eigenvalue weighted by molar-refractivity contribution is -0.753. The molecule has 28 heavy (non-hydrogen) atoms. The normalized spacial score (nSPS) is 15.4. The molecule has 2 heterocycles. The van der Waals surface area contributed by atoms with Gasteiger partial charge in [-0.1, -0.05) is 4.68 Å². The Hall–Kier alpha value is -2.77. The van der Waals surface area contributed by atoms with Gasteiger partial charge in [-0.05, 0) is 5.10 Å². The highest BCUT2D eigenvalue weighted by atomic mass is 32.2. The number of carboxylic acids is 1. The molecule has 0 bridgehead atoms. The number of esters is 1. The molecule has 1 aliphatic heterocycles. The van der Waals surface area contributed by atoms with Crippen molar-refractivity contribution in [1.82, 2.24) is 10.4 Å². The van der Waals surface area contributed by atoms with E-state index in [0.29, 0.717) is 12.7 Å². The predicted molar refractivity (Wildman–Crippen MR) is 84.7 cm³/mol. The van der Waals surface area contributed by atoms with Crippen LogP contribution < -0.4 is 10.00 Å². The molecule has 1 aliphatic rings. The molecule has 0 unspecified atom stereocenters. The summed E-state index contributed by atoms with van der Waals surface area (Å²) in [7, 11) is -2.29. The third-order valence-corrected chi connectivity index (χ3v) is 5.07. The van der Waals surface area contributed by atoms with Gasteiger partial charge >= 0.3 is 18.1 Å². The lowest BCUT2D eigenvalue weighted by Crippen LogP contribution is -2.53. The minimum Gasteiger partial charge on any atom is -0.481 e. The minimum atomic E-state index is -4.85. The summed E-state index contributed by atoms with van der Waals surface area (Å²) in [6, 6.07) is 1.17. The molecule has 1 aromatic rings. The van der Waals surface area contributed by atoms with Crippen molar-refractivity contribution < 1.29 is 50.5 Å². The summed E-state index contributed by atoms with van der Waals surface area (Å²) in [5.74, 6) is -3.54. The number of rotatable bonds is 5. The van der Waals surface area contributed by atoms with Crippen molar-refractivity contribution in [2.45, 2.75) is 25.2 Å². The fourth-order valence-electron chi connectivity index (χ4n) is 1.89. The second kappa shape index (κ2) is 9.43. The Kier molecular flexibility index (Phi) is 7.84. The number of aromatic nitrogens is 2. The average Bonchev–Trinajstić information content (AvgIpc) is 2.57. The predicted octanol–water partition coefficient (Wildman–Crippen LogP) is -0.908. The maximum Gasteiger partial charge on any atom is 0.490 e. The molecule has 1 aromatic heterocycles. The molecule has 2 rings (SSSR count). The molecule has 0 radical (unpaired) electrons. The zero-order valence-corrected chi connectivity index (χ0v) is 15.3. The molecular formula is C14H17F3N3O7S+. The molecule has 156 valence electrons. The highest BCUT2D eigenvalue weighted by molar-refractivity contribution is 7.92. The van der Waals surface area contributed by atoms with Crippen molar-refractivity contribution in [3.63, 3.8) is 0 Å². The van der Waals surface area contributed by atoms with E-state index in [-0.39, 0.29) is 36.4 Å². The number of carbonyl (C=O) groups is 3. The number of ether oxygens (including phenoxy) is 1. The number of hydrogen-bond acceptors (Lipinski definition) is 7. The summed E-state index contributed by atoms with van der Waals surface area (Å²) in [5, 5.41) is 15.1. The van der Waals surface area contributed by atoms with Gasteiger partial charge in [0.25, 0.3) is 5.91 Å². The van der Waals surface area contributed by atoms with E-state index in [1.165, 1.54) is 23.1 Å². The average molecular weight is 428 g/mol. The first-order valence-corrected chi connectivity index (χ1v) is 9.40. The molecule has 1 saturated heterocycles. The summed E-state index contributed by atoms with van der Waals surface area (Å²) < 4.78 is 59.6. The zero-order valence-electron chi connectivity index (χ0n) is 14.5. The highest BCUT2D eigenvalue weighted by Gasteiger charge is 2.40. The Bertz CT molecular complexity index is 814. The topological polar surface area (TPSA) is 144 Å². The van der Waals surface area contributed by atoms with Crippen molar-refractivity contribution in [2.24, 2.45) is 0 Å². The summed E-state index contributed by atoms with van der Waals surface area (Å²) in [6.07, 6.45) is -2.07. The van der Waals surface area contributed by atoms with E-state index < -0.39 is 28.0 Å². The van der Waals surface area contributed by atoms with Crippen LogP contribution in [-0.4, -0.2) is 67.3 Å². The van der Waals surface area contributed by atoms with E-state index in [2.05, 4.69) is 15.2 Å². The van der Waals surface area contributed by atoms with E-state index in [0.717, 1.165) is 0 Å². The Balaban J connectivity index is 0.000000416. The van der Waals surface area contributed by atoms with Crippen LogP contribution in [0.5, 0.6) is 0 Å². The molecule has 10 nitrogen and oxygen atoms in total. The standard InChI is InChI=1S/C11H13N3O5S.C3H3F3O2/c15-10(16)2-4-14-3-1-8(5-12-14)11(17)13-9-6-20(18,19)7-9;1-8-2(7)3(4,5)6/h1,3,5,9H,2,4,6-7H2,(H-,13,15,16,17);1H3/p+1. The minimum absolute atomic E-state index is 0.0301. The smallest absolute Gasteiger partial charge is 0.481 e. The summed E-state index contributed by atoms with van der Waals surface area (Å²) in [4.78, 5) is 31.7. The van der Waals surface area contributed by atoms with Gasteiger partial charge in [0.05, 0.1) is 30.2 Å². The second-order valence-electron chi connectivity index (χ2n) is 5.56. The molecule has 0 atom stereocenters. The number of nitrogens with one attached hydrogen (secondary N) is 1. The van der Waals surface area contributed by atoms with E-state index in [1.54, 1.807) is 0 Å². The number of sulfone groups is 1. The Morgan fingerprint density at radius 1 is 1.36 bits per heavy atom. The number of hydrogen-bond donors (Lipinski definition) is 2. The van der Waals surface area contributed by atoms with Gasteiger partial charge in [0.2, 0.25) is 0 Å². The van der Waals surface area contributed by atoms with Crippen LogP contribution in [0.15, 0.2) is 18.5 Å². The first-order chi connectivity index (χ1) is 12.8. The van der Waals surface area contributed by atoms with E-state index >= 15 is 0 Å². The monoisotopic (exact) mass is 428 g/mol. The maximum atomic E-state index is 11.8. The molecule has 0 aromatic carbocycles. The molecular weight excluding hydrogens is 411 g/mol. The Morgan fingerprint density at radius 2 is 1.96 bits per heavy atom. The number of methoxy groups -OCH3 is 1. The summed E-state index contributed by atoms with van der Waals surface area (Å²) >= 11 is 0. The van der Waals surface area contributed by atoms with Gasteiger partial charge < -0.3 is 15.2 Å². The van der Waals surface area contributed by atoms with Crippen LogP contribution in [-0.2, 0) is 30.7 Å². The third-order valence-electron chi connectivity index (χ3n) is 3.25. The van der Waals surface area contributed by atoms with Gasteiger partial charge in [0.1, 0.15) is 12.6 Å². The molecule has 2 N–H and O–H groups in total. The van der Waals surface area contributed by atoms with Gasteiger partial charge in [0.15, 0.2) is 22.6 Å². The van der Waals surface area contributed by atoms with Crippen molar-refractivity contribution in [2.75, 3.05) is 18.6 Å². The molecule has 0 saturated carbocycles. The quantitative estimate of drug-likeness (QED) is 0.453. The Morgan fingerprint density at radius 3 is 2.32 bits per heavy atom.